The van der Waals surface area contributed by atoms with Crippen LogP contribution < -0.4 is 0 Å². The lowest BCUT2D eigenvalue weighted by molar-refractivity contribution is -0.121. The molecule has 0 N–H and O–H groups in total. The predicted molar refractivity (Wildman–Crippen MR) is 58.3 cm³/mol. The molecule has 1 amide bonds. The van der Waals surface area contributed by atoms with Gasteiger partial charge in [-0.25, -0.2) is 0 Å². The van der Waals surface area contributed by atoms with Gasteiger partial charge in [0.1, 0.15) is 0 Å². The summed E-state index contributed by atoms with van der Waals surface area (Å²) in [6.45, 7) is 2.94. The number of hydrogen-bond donors (Lipinski definition) is 0. The van der Waals surface area contributed by atoms with Crippen LogP contribution in [0.15, 0.2) is 18.5 Å². The number of aromatic nitrogens is 1. The molecule has 1 aromatic heterocycles. The number of carbonyl (C=O) groups excluding carboxylic acids is 1. The zero-order chi connectivity index (χ0) is 10.7. The molecule has 1 aromatic rings. The molecule has 1 fully saturated rings. The van der Waals surface area contributed by atoms with E-state index < -0.39 is 0 Å². The van der Waals surface area contributed by atoms with Crippen LogP contribution >= 0.6 is 0 Å². The van der Waals surface area contributed by atoms with E-state index in [0.717, 1.165) is 25.8 Å². The van der Waals surface area contributed by atoms with Gasteiger partial charge in [-0.3, -0.25) is 9.78 Å². The highest BCUT2D eigenvalue weighted by Gasteiger charge is 2.23. The van der Waals surface area contributed by atoms with Crippen LogP contribution in [-0.4, -0.2) is 22.8 Å². The van der Waals surface area contributed by atoms with Gasteiger partial charge in [-0.2, -0.15) is 0 Å². The number of amides is 1. The second-order valence-electron chi connectivity index (χ2n) is 4.09. The van der Waals surface area contributed by atoms with Crippen molar-refractivity contribution in [3.05, 3.63) is 29.6 Å². The molecule has 0 unspecified atom stereocenters. The average Bonchev–Trinajstić information content (AvgIpc) is 2.30. The maximum Gasteiger partial charge on any atom is 0.210 e. The molecule has 1 atom stereocenters. The Hall–Kier alpha value is -1.38. The number of likely N-dealkylation sites (tertiary alicyclic amines) is 1. The lowest BCUT2D eigenvalue weighted by atomic mass is 9.94. The van der Waals surface area contributed by atoms with Crippen LogP contribution in [-0.2, 0) is 4.79 Å². The highest BCUT2D eigenvalue weighted by atomic mass is 16.1. The fraction of sp³-hybridized carbons (Fsp3) is 0.500. The van der Waals surface area contributed by atoms with Crippen LogP contribution in [0.1, 0.15) is 36.4 Å². The standard InChI is InChI=1S/C12H16N2O/c1-10-8-13-6-5-11(10)12-4-2-3-7-14(12)9-15/h5-6,8-9,12H,2-4,7H2,1H3/t12-/m0/s1. The van der Waals surface area contributed by atoms with Gasteiger partial charge in [-0.05, 0) is 43.4 Å². The molecule has 0 bridgehead atoms. The van der Waals surface area contributed by atoms with Crippen molar-refractivity contribution in [1.82, 2.24) is 9.88 Å². The van der Waals surface area contributed by atoms with Crippen LogP contribution in [0.2, 0.25) is 0 Å². The van der Waals surface area contributed by atoms with Crippen LogP contribution in [0.5, 0.6) is 0 Å². The molecule has 0 spiro atoms. The van der Waals surface area contributed by atoms with E-state index in [1.54, 1.807) is 6.20 Å². The number of hydrogen-bond acceptors (Lipinski definition) is 2. The van der Waals surface area contributed by atoms with Gasteiger partial charge >= 0.3 is 0 Å². The molecule has 1 aliphatic heterocycles. The smallest absolute Gasteiger partial charge is 0.210 e. The van der Waals surface area contributed by atoms with Crippen molar-refractivity contribution in [2.45, 2.75) is 32.2 Å². The summed E-state index contributed by atoms with van der Waals surface area (Å²) in [7, 11) is 0. The number of nitrogens with zero attached hydrogens (tertiary/aromatic N) is 2. The average molecular weight is 204 g/mol. The summed E-state index contributed by atoms with van der Waals surface area (Å²) >= 11 is 0. The Balaban J connectivity index is 2.28. The van der Waals surface area contributed by atoms with E-state index in [1.165, 1.54) is 17.5 Å². The molecule has 2 rings (SSSR count). The molecule has 0 aliphatic carbocycles. The Morgan fingerprint density at radius 1 is 1.53 bits per heavy atom. The van der Waals surface area contributed by atoms with Crippen LogP contribution in [0.3, 0.4) is 0 Å². The van der Waals surface area contributed by atoms with Crippen molar-refractivity contribution in [2.75, 3.05) is 6.54 Å². The summed E-state index contributed by atoms with van der Waals surface area (Å²) in [4.78, 5) is 17.0. The van der Waals surface area contributed by atoms with Crippen LogP contribution in [0.25, 0.3) is 0 Å². The number of carbonyl (C=O) groups is 1. The monoisotopic (exact) mass is 204 g/mol. The van der Waals surface area contributed by atoms with E-state index in [1.807, 2.05) is 17.2 Å². The minimum absolute atomic E-state index is 0.263. The van der Waals surface area contributed by atoms with Crippen molar-refractivity contribution in [3.8, 4) is 0 Å². The Morgan fingerprint density at radius 3 is 3.13 bits per heavy atom. The fourth-order valence-electron chi connectivity index (χ4n) is 2.27. The summed E-state index contributed by atoms with van der Waals surface area (Å²) in [5.41, 5.74) is 2.42. The topological polar surface area (TPSA) is 33.2 Å². The maximum atomic E-state index is 11.0. The fourth-order valence-corrected chi connectivity index (χ4v) is 2.27. The summed E-state index contributed by atoms with van der Waals surface area (Å²) in [6.07, 6.45) is 8.05. The Labute approximate surface area is 90.1 Å². The molecule has 15 heavy (non-hydrogen) atoms. The summed E-state index contributed by atoms with van der Waals surface area (Å²) in [5.74, 6) is 0. The molecule has 0 aromatic carbocycles. The Morgan fingerprint density at radius 2 is 2.40 bits per heavy atom. The SMILES string of the molecule is Cc1cnccc1[C@@H]1CCCCN1C=O. The predicted octanol–water partition coefficient (Wildman–Crippen LogP) is 2.07. The third-order valence-electron chi connectivity index (χ3n) is 3.10. The van der Waals surface area contributed by atoms with Gasteiger partial charge in [0.25, 0.3) is 0 Å². The molecule has 0 saturated carbocycles. The van der Waals surface area contributed by atoms with Crippen molar-refractivity contribution >= 4 is 6.41 Å². The first-order valence-corrected chi connectivity index (χ1v) is 5.44. The summed E-state index contributed by atoms with van der Waals surface area (Å²) < 4.78 is 0. The molecular formula is C12H16N2O. The number of pyridine rings is 1. The zero-order valence-electron chi connectivity index (χ0n) is 9.02. The van der Waals surface area contributed by atoms with Gasteiger partial charge in [0.2, 0.25) is 6.41 Å². The number of piperidine rings is 1. The maximum absolute atomic E-state index is 11.0. The van der Waals surface area contributed by atoms with E-state index in [4.69, 9.17) is 0 Å². The van der Waals surface area contributed by atoms with E-state index in [-0.39, 0.29) is 6.04 Å². The Kier molecular flexibility index (Phi) is 2.99. The van der Waals surface area contributed by atoms with Gasteiger partial charge < -0.3 is 4.90 Å². The van der Waals surface area contributed by atoms with Crippen molar-refractivity contribution < 1.29 is 4.79 Å². The van der Waals surface area contributed by atoms with Crippen LogP contribution in [0.4, 0.5) is 0 Å². The third-order valence-corrected chi connectivity index (χ3v) is 3.10. The molecule has 1 aliphatic rings. The third kappa shape index (κ3) is 2.01. The highest BCUT2D eigenvalue weighted by molar-refractivity contribution is 5.49. The molecule has 3 nitrogen and oxygen atoms in total. The second-order valence-corrected chi connectivity index (χ2v) is 4.09. The van der Waals surface area contributed by atoms with Crippen molar-refractivity contribution in [2.24, 2.45) is 0 Å². The molecule has 1 saturated heterocycles. The molecular weight excluding hydrogens is 188 g/mol. The summed E-state index contributed by atoms with van der Waals surface area (Å²) in [5, 5.41) is 0. The minimum Gasteiger partial charge on any atom is -0.338 e. The molecule has 0 radical (unpaired) electrons. The zero-order valence-corrected chi connectivity index (χ0v) is 9.02. The van der Waals surface area contributed by atoms with E-state index in [9.17, 15) is 4.79 Å². The van der Waals surface area contributed by atoms with E-state index in [2.05, 4.69) is 11.9 Å². The molecule has 3 heteroatoms. The quantitative estimate of drug-likeness (QED) is 0.691. The minimum atomic E-state index is 0.263. The van der Waals surface area contributed by atoms with Gasteiger partial charge in [0, 0.05) is 18.9 Å². The lowest BCUT2D eigenvalue weighted by Gasteiger charge is -2.33. The van der Waals surface area contributed by atoms with Gasteiger partial charge in [0.05, 0.1) is 6.04 Å². The van der Waals surface area contributed by atoms with E-state index in [0.29, 0.717) is 0 Å². The highest BCUT2D eigenvalue weighted by Crippen LogP contribution is 2.30. The van der Waals surface area contributed by atoms with Gasteiger partial charge in [0.15, 0.2) is 0 Å². The van der Waals surface area contributed by atoms with E-state index >= 15 is 0 Å². The summed E-state index contributed by atoms with van der Waals surface area (Å²) in [6, 6.07) is 2.29. The lowest BCUT2D eigenvalue weighted by Crippen LogP contribution is -2.32. The van der Waals surface area contributed by atoms with Crippen molar-refractivity contribution in [1.29, 1.82) is 0 Å². The van der Waals surface area contributed by atoms with Crippen molar-refractivity contribution in [3.63, 3.8) is 0 Å². The van der Waals surface area contributed by atoms with Gasteiger partial charge in [-0.1, -0.05) is 0 Å². The molecule has 80 valence electrons. The number of rotatable bonds is 2. The first-order chi connectivity index (χ1) is 7.33. The first kappa shape index (κ1) is 10.1. The van der Waals surface area contributed by atoms with Gasteiger partial charge in [-0.15, -0.1) is 0 Å². The Bertz CT molecular complexity index is 351. The second kappa shape index (κ2) is 4.43. The largest absolute Gasteiger partial charge is 0.338 e. The van der Waals surface area contributed by atoms with Crippen LogP contribution in [0, 0.1) is 6.92 Å². The first-order valence-electron chi connectivity index (χ1n) is 5.44. The number of aryl methyl sites for hydroxylation is 1. The normalized spacial score (nSPS) is 21.4. The molecule has 2 heterocycles.